The average Bonchev–Trinajstić information content (AvgIpc) is 2.48. The molecule has 0 spiro atoms. The van der Waals surface area contributed by atoms with Gasteiger partial charge in [-0.15, -0.1) is 0 Å². The third-order valence-corrected chi connectivity index (χ3v) is 4.97. The fourth-order valence-electron chi connectivity index (χ4n) is 2.60. The zero-order valence-electron chi connectivity index (χ0n) is 12.9. The molecule has 0 fully saturated rings. The van der Waals surface area contributed by atoms with Crippen molar-refractivity contribution < 1.29 is 4.79 Å². The molecule has 22 heavy (non-hydrogen) atoms. The summed E-state index contributed by atoms with van der Waals surface area (Å²) in [7, 11) is 0. The van der Waals surface area contributed by atoms with Crippen LogP contribution in [-0.4, -0.2) is 29.0 Å². The van der Waals surface area contributed by atoms with Crippen molar-refractivity contribution in [3.8, 4) is 0 Å². The Kier molecular flexibility index (Phi) is 5.80. The van der Waals surface area contributed by atoms with Gasteiger partial charge in [0.05, 0.1) is 11.6 Å². The molecule has 6 heteroatoms. The lowest BCUT2D eigenvalue weighted by molar-refractivity contribution is -0.127. The number of amides is 1. The molecule has 118 valence electrons. The molecule has 1 heterocycles. The van der Waals surface area contributed by atoms with Crippen LogP contribution in [0.2, 0.25) is 0 Å². The summed E-state index contributed by atoms with van der Waals surface area (Å²) in [5, 5.41) is 6.88. The fourth-order valence-corrected chi connectivity index (χ4v) is 3.57. The first-order chi connectivity index (χ1) is 10.5. The maximum Gasteiger partial charge on any atom is 0.253 e. The van der Waals surface area contributed by atoms with E-state index in [1.54, 1.807) is 0 Å². The molecule has 2 N–H and O–H groups in total. The zero-order valence-corrected chi connectivity index (χ0v) is 15.9. The van der Waals surface area contributed by atoms with Gasteiger partial charge in [0, 0.05) is 22.4 Å². The Bertz CT molecular complexity index is 626. The van der Waals surface area contributed by atoms with Gasteiger partial charge in [0.1, 0.15) is 0 Å². The Morgan fingerprint density at radius 1 is 1.32 bits per heavy atom. The molecule has 1 atom stereocenters. The highest BCUT2D eigenvalue weighted by Gasteiger charge is 2.32. The van der Waals surface area contributed by atoms with Crippen LogP contribution < -0.4 is 10.6 Å². The number of nitrogens with zero attached hydrogens (tertiary/aromatic N) is 1. The number of thiocarbonyl (C=S) groups is 1. The Hall–Kier alpha value is -1.15. The highest BCUT2D eigenvalue weighted by molar-refractivity contribution is 14.1. The van der Waals surface area contributed by atoms with Gasteiger partial charge < -0.3 is 15.5 Å². The molecular weight excluding hydrogens is 409 g/mol. The van der Waals surface area contributed by atoms with Gasteiger partial charge in [0.2, 0.25) is 0 Å². The van der Waals surface area contributed by atoms with Crippen molar-refractivity contribution in [1.29, 1.82) is 0 Å². The van der Waals surface area contributed by atoms with Crippen LogP contribution >= 0.6 is 34.8 Å². The van der Waals surface area contributed by atoms with E-state index in [0.717, 1.165) is 20.4 Å². The molecule has 1 aromatic carbocycles. The number of benzene rings is 1. The molecule has 0 saturated heterocycles. The highest BCUT2D eigenvalue weighted by Crippen LogP contribution is 2.30. The van der Waals surface area contributed by atoms with Crippen LogP contribution in [0.15, 0.2) is 35.5 Å². The number of rotatable bonds is 4. The molecule has 2 rings (SSSR count). The average molecular weight is 429 g/mol. The standard InChI is InChI=1S/C16H20IN3OS/c1-4-20(5-2)15(21)13-10(3)18-16(22)19-14(13)11-8-6-7-9-12(11)17/h6-9,14H,4-5H2,1-3H3,(H2,18,19,22). The maximum atomic E-state index is 12.9. The first kappa shape index (κ1) is 17.2. The molecule has 1 amide bonds. The van der Waals surface area contributed by atoms with Crippen molar-refractivity contribution in [1.82, 2.24) is 15.5 Å². The number of hydrogen-bond acceptors (Lipinski definition) is 2. The van der Waals surface area contributed by atoms with Gasteiger partial charge in [0.15, 0.2) is 5.11 Å². The van der Waals surface area contributed by atoms with Gasteiger partial charge in [-0.1, -0.05) is 18.2 Å². The second-order valence-corrected chi connectivity index (χ2v) is 6.64. The second kappa shape index (κ2) is 7.41. The molecule has 0 bridgehead atoms. The lowest BCUT2D eigenvalue weighted by atomic mass is 9.94. The Balaban J connectivity index is 2.50. The first-order valence-electron chi connectivity index (χ1n) is 7.31. The van der Waals surface area contributed by atoms with E-state index < -0.39 is 0 Å². The Labute approximate surface area is 150 Å². The first-order valence-corrected chi connectivity index (χ1v) is 8.80. The number of hydrogen-bond donors (Lipinski definition) is 2. The number of allylic oxidation sites excluding steroid dienone is 1. The van der Waals surface area contributed by atoms with Crippen molar-refractivity contribution >= 4 is 45.8 Å². The molecular formula is C16H20IN3OS. The van der Waals surface area contributed by atoms with Crippen molar-refractivity contribution in [2.45, 2.75) is 26.8 Å². The summed E-state index contributed by atoms with van der Waals surface area (Å²) in [4.78, 5) is 14.7. The van der Waals surface area contributed by atoms with Crippen LogP contribution in [-0.2, 0) is 4.79 Å². The lowest BCUT2D eigenvalue weighted by Gasteiger charge is -2.33. The minimum Gasteiger partial charge on any atom is -0.351 e. The summed E-state index contributed by atoms with van der Waals surface area (Å²) < 4.78 is 1.11. The molecule has 1 aliphatic heterocycles. The van der Waals surface area contributed by atoms with Crippen molar-refractivity contribution in [3.05, 3.63) is 44.7 Å². The Morgan fingerprint density at radius 2 is 1.95 bits per heavy atom. The van der Waals surface area contributed by atoms with Crippen LogP contribution in [0.5, 0.6) is 0 Å². The number of halogens is 1. The van der Waals surface area contributed by atoms with E-state index in [1.807, 2.05) is 49.9 Å². The summed E-state index contributed by atoms with van der Waals surface area (Å²) in [6, 6.07) is 7.84. The number of nitrogens with one attached hydrogen (secondary N) is 2. The van der Waals surface area contributed by atoms with E-state index in [1.165, 1.54) is 0 Å². The third kappa shape index (κ3) is 3.43. The summed E-state index contributed by atoms with van der Waals surface area (Å²) in [6.07, 6.45) is 0. The van der Waals surface area contributed by atoms with Crippen molar-refractivity contribution in [2.75, 3.05) is 13.1 Å². The van der Waals surface area contributed by atoms with Crippen LogP contribution in [0.3, 0.4) is 0 Å². The molecule has 0 aliphatic carbocycles. The molecule has 4 nitrogen and oxygen atoms in total. The summed E-state index contributed by atoms with van der Waals surface area (Å²) >= 11 is 7.58. The minimum atomic E-state index is -0.213. The topological polar surface area (TPSA) is 44.4 Å². The molecule has 1 aromatic rings. The van der Waals surface area contributed by atoms with Crippen molar-refractivity contribution in [3.63, 3.8) is 0 Å². The van der Waals surface area contributed by atoms with Gasteiger partial charge in [-0.05, 0) is 67.2 Å². The summed E-state index contributed by atoms with van der Waals surface area (Å²) in [6.45, 7) is 7.27. The quantitative estimate of drug-likeness (QED) is 0.571. The van der Waals surface area contributed by atoms with E-state index in [9.17, 15) is 4.79 Å². The van der Waals surface area contributed by atoms with Crippen LogP contribution in [0.4, 0.5) is 0 Å². The highest BCUT2D eigenvalue weighted by atomic mass is 127. The third-order valence-electron chi connectivity index (χ3n) is 3.77. The molecule has 1 aliphatic rings. The predicted molar refractivity (Wildman–Crippen MR) is 101 cm³/mol. The zero-order chi connectivity index (χ0) is 16.3. The fraction of sp³-hybridized carbons (Fsp3) is 0.375. The minimum absolute atomic E-state index is 0.0506. The van der Waals surface area contributed by atoms with Gasteiger partial charge in [-0.2, -0.15) is 0 Å². The largest absolute Gasteiger partial charge is 0.351 e. The number of carbonyl (C=O) groups is 1. The van der Waals surface area contributed by atoms with Gasteiger partial charge in [-0.25, -0.2) is 0 Å². The number of likely N-dealkylation sites (N-methyl/N-ethyl adjacent to an activating group) is 1. The summed E-state index contributed by atoms with van der Waals surface area (Å²) in [5.74, 6) is 0.0506. The predicted octanol–water partition coefficient (Wildman–Crippen LogP) is 2.95. The smallest absolute Gasteiger partial charge is 0.253 e. The molecule has 0 saturated carbocycles. The van der Waals surface area contributed by atoms with Crippen LogP contribution in [0.25, 0.3) is 0 Å². The van der Waals surface area contributed by atoms with E-state index in [0.29, 0.717) is 18.2 Å². The Morgan fingerprint density at radius 3 is 2.55 bits per heavy atom. The lowest BCUT2D eigenvalue weighted by Crippen LogP contribution is -2.47. The molecule has 0 aromatic heterocycles. The SMILES string of the molecule is CCN(CC)C(=O)C1=C(C)NC(=S)NC1c1ccccc1I. The number of carbonyl (C=O) groups excluding carboxylic acids is 1. The van der Waals surface area contributed by atoms with E-state index in [4.69, 9.17) is 12.2 Å². The molecule has 0 radical (unpaired) electrons. The summed E-state index contributed by atoms with van der Waals surface area (Å²) in [5.41, 5.74) is 2.63. The van der Waals surface area contributed by atoms with E-state index >= 15 is 0 Å². The second-order valence-electron chi connectivity index (χ2n) is 5.07. The van der Waals surface area contributed by atoms with Gasteiger partial charge in [-0.3, -0.25) is 4.79 Å². The molecule has 1 unspecified atom stereocenters. The van der Waals surface area contributed by atoms with E-state index in [-0.39, 0.29) is 11.9 Å². The maximum absolute atomic E-state index is 12.9. The van der Waals surface area contributed by atoms with E-state index in [2.05, 4.69) is 33.2 Å². The van der Waals surface area contributed by atoms with Crippen molar-refractivity contribution in [2.24, 2.45) is 0 Å². The van der Waals surface area contributed by atoms with Gasteiger partial charge in [0.25, 0.3) is 5.91 Å². The van der Waals surface area contributed by atoms with Gasteiger partial charge >= 0.3 is 0 Å². The normalized spacial score (nSPS) is 17.8. The monoisotopic (exact) mass is 429 g/mol. The van der Waals surface area contributed by atoms with Crippen LogP contribution in [0, 0.1) is 3.57 Å². The van der Waals surface area contributed by atoms with Crippen LogP contribution in [0.1, 0.15) is 32.4 Å².